The van der Waals surface area contributed by atoms with E-state index in [1.165, 1.54) is 12.0 Å². The summed E-state index contributed by atoms with van der Waals surface area (Å²) in [6, 6.07) is 14.7. The lowest BCUT2D eigenvalue weighted by molar-refractivity contribution is 0.507. The largest absolute Gasteiger partial charge is 0.469 e. The minimum atomic E-state index is 0. The Balaban J connectivity index is 0.00000208. The molecule has 2 unspecified atom stereocenters. The van der Waals surface area contributed by atoms with Crippen molar-refractivity contribution in [2.24, 2.45) is 10.9 Å². The zero-order chi connectivity index (χ0) is 15.9. The lowest BCUT2D eigenvalue weighted by atomic mass is 10.1. The van der Waals surface area contributed by atoms with Gasteiger partial charge in [-0.1, -0.05) is 30.3 Å². The maximum Gasteiger partial charge on any atom is 0.191 e. The van der Waals surface area contributed by atoms with E-state index in [0.29, 0.717) is 11.8 Å². The number of aliphatic imine (C=N–C) groups is 1. The fourth-order valence-corrected chi connectivity index (χ4v) is 2.87. The molecule has 2 N–H and O–H groups in total. The van der Waals surface area contributed by atoms with Crippen molar-refractivity contribution in [3.63, 3.8) is 0 Å². The van der Waals surface area contributed by atoms with Crippen LogP contribution in [0, 0.1) is 5.92 Å². The highest BCUT2D eigenvalue weighted by atomic mass is 127. The summed E-state index contributed by atoms with van der Waals surface area (Å²) in [5.41, 5.74) is 1.45. The van der Waals surface area contributed by atoms with Gasteiger partial charge in [0.25, 0.3) is 0 Å². The molecule has 5 heteroatoms. The van der Waals surface area contributed by atoms with E-state index in [0.717, 1.165) is 37.8 Å². The van der Waals surface area contributed by atoms with Crippen molar-refractivity contribution in [2.75, 3.05) is 19.6 Å². The predicted molar refractivity (Wildman–Crippen MR) is 109 cm³/mol. The standard InChI is InChI=1S/C19H25N3O.HI/c1-2-20-19(21-11-10-17-9-6-12-23-17)22-14-16-13-18(16)15-7-4-3-5-8-15;/h3-9,12,16,18H,2,10-11,13-14H2,1H3,(H2,20,21,22);1H. The van der Waals surface area contributed by atoms with Gasteiger partial charge < -0.3 is 15.1 Å². The lowest BCUT2D eigenvalue weighted by Gasteiger charge is -2.10. The molecule has 2 aromatic rings. The number of nitrogens with one attached hydrogen (secondary N) is 2. The normalized spacial score (nSPS) is 19.5. The fraction of sp³-hybridized carbons (Fsp3) is 0.421. The van der Waals surface area contributed by atoms with Gasteiger partial charge in [0.2, 0.25) is 0 Å². The summed E-state index contributed by atoms with van der Waals surface area (Å²) < 4.78 is 5.35. The Hall–Kier alpha value is -1.50. The van der Waals surface area contributed by atoms with E-state index in [1.54, 1.807) is 6.26 Å². The van der Waals surface area contributed by atoms with Crippen LogP contribution >= 0.6 is 24.0 Å². The van der Waals surface area contributed by atoms with Crippen LogP contribution in [0.3, 0.4) is 0 Å². The summed E-state index contributed by atoms with van der Waals surface area (Å²) >= 11 is 0. The molecule has 0 spiro atoms. The molecule has 0 bridgehead atoms. The Kier molecular flexibility index (Phi) is 7.62. The van der Waals surface area contributed by atoms with Gasteiger partial charge in [-0.05, 0) is 42.9 Å². The van der Waals surface area contributed by atoms with Crippen LogP contribution in [0.2, 0.25) is 0 Å². The van der Waals surface area contributed by atoms with Crippen LogP contribution in [0.1, 0.15) is 30.6 Å². The second-order valence-corrected chi connectivity index (χ2v) is 5.99. The molecule has 1 aliphatic carbocycles. The molecular formula is C19H26IN3O. The molecule has 2 atom stereocenters. The first-order valence-electron chi connectivity index (χ1n) is 8.46. The van der Waals surface area contributed by atoms with E-state index >= 15 is 0 Å². The lowest BCUT2D eigenvalue weighted by Crippen LogP contribution is -2.38. The summed E-state index contributed by atoms with van der Waals surface area (Å²) in [6.45, 7) is 4.68. The van der Waals surface area contributed by atoms with Gasteiger partial charge in [-0.15, -0.1) is 24.0 Å². The van der Waals surface area contributed by atoms with Crippen molar-refractivity contribution in [1.29, 1.82) is 0 Å². The molecule has 3 rings (SSSR count). The van der Waals surface area contributed by atoms with Gasteiger partial charge in [-0.3, -0.25) is 4.99 Å². The molecule has 0 saturated heterocycles. The smallest absolute Gasteiger partial charge is 0.191 e. The number of nitrogens with zero attached hydrogens (tertiary/aromatic N) is 1. The molecule has 1 saturated carbocycles. The first-order chi connectivity index (χ1) is 11.4. The topological polar surface area (TPSA) is 49.6 Å². The maximum atomic E-state index is 5.35. The van der Waals surface area contributed by atoms with Crippen LogP contribution in [0.15, 0.2) is 58.1 Å². The van der Waals surface area contributed by atoms with Gasteiger partial charge in [0, 0.05) is 26.1 Å². The number of hydrogen-bond acceptors (Lipinski definition) is 2. The molecule has 24 heavy (non-hydrogen) atoms. The van der Waals surface area contributed by atoms with Crippen LogP contribution in [-0.2, 0) is 6.42 Å². The third-order valence-corrected chi connectivity index (χ3v) is 4.22. The molecule has 0 aliphatic heterocycles. The third-order valence-electron chi connectivity index (χ3n) is 4.22. The highest BCUT2D eigenvalue weighted by molar-refractivity contribution is 14.0. The maximum absolute atomic E-state index is 5.35. The minimum absolute atomic E-state index is 0. The van der Waals surface area contributed by atoms with E-state index in [2.05, 4.69) is 47.9 Å². The Morgan fingerprint density at radius 1 is 1.17 bits per heavy atom. The average Bonchev–Trinajstić information content (AvgIpc) is 3.18. The number of rotatable bonds is 7. The van der Waals surface area contributed by atoms with E-state index in [1.807, 2.05) is 12.1 Å². The summed E-state index contributed by atoms with van der Waals surface area (Å²) in [7, 11) is 0. The van der Waals surface area contributed by atoms with Crippen LogP contribution in [0.25, 0.3) is 0 Å². The van der Waals surface area contributed by atoms with E-state index in [9.17, 15) is 0 Å². The number of guanidine groups is 1. The second kappa shape index (κ2) is 9.71. The van der Waals surface area contributed by atoms with Crippen LogP contribution in [-0.4, -0.2) is 25.6 Å². The Bertz CT molecular complexity index is 613. The molecule has 0 amide bonds. The van der Waals surface area contributed by atoms with Crippen LogP contribution < -0.4 is 10.6 Å². The van der Waals surface area contributed by atoms with Crippen molar-refractivity contribution in [1.82, 2.24) is 10.6 Å². The zero-order valence-corrected chi connectivity index (χ0v) is 16.4. The van der Waals surface area contributed by atoms with Crippen LogP contribution in [0.5, 0.6) is 0 Å². The first kappa shape index (κ1) is 18.8. The molecule has 1 heterocycles. The molecule has 0 radical (unpaired) electrons. The summed E-state index contributed by atoms with van der Waals surface area (Å²) in [5, 5.41) is 6.68. The van der Waals surface area contributed by atoms with Crippen LogP contribution in [0.4, 0.5) is 0 Å². The summed E-state index contributed by atoms with van der Waals surface area (Å²) in [4.78, 5) is 4.73. The molecule has 1 fully saturated rings. The molecule has 1 aromatic heterocycles. The number of furan rings is 1. The van der Waals surface area contributed by atoms with Crippen molar-refractivity contribution in [3.8, 4) is 0 Å². The van der Waals surface area contributed by atoms with E-state index in [4.69, 9.17) is 9.41 Å². The molecule has 130 valence electrons. The molecular weight excluding hydrogens is 413 g/mol. The van der Waals surface area contributed by atoms with Crippen molar-refractivity contribution >= 4 is 29.9 Å². The van der Waals surface area contributed by atoms with E-state index < -0.39 is 0 Å². The Labute approximate surface area is 161 Å². The third kappa shape index (κ3) is 5.54. The number of halogens is 1. The van der Waals surface area contributed by atoms with Gasteiger partial charge >= 0.3 is 0 Å². The highest BCUT2D eigenvalue weighted by Gasteiger charge is 2.37. The average molecular weight is 439 g/mol. The summed E-state index contributed by atoms with van der Waals surface area (Å²) in [5.74, 6) is 3.27. The minimum Gasteiger partial charge on any atom is -0.469 e. The van der Waals surface area contributed by atoms with Crippen molar-refractivity contribution in [3.05, 3.63) is 60.1 Å². The van der Waals surface area contributed by atoms with Gasteiger partial charge in [0.1, 0.15) is 5.76 Å². The predicted octanol–water partition coefficient (Wildman–Crippen LogP) is 3.80. The quantitative estimate of drug-likeness (QED) is 0.392. The number of hydrogen-bond donors (Lipinski definition) is 2. The Morgan fingerprint density at radius 3 is 2.71 bits per heavy atom. The monoisotopic (exact) mass is 439 g/mol. The first-order valence-corrected chi connectivity index (χ1v) is 8.46. The van der Waals surface area contributed by atoms with Gasteiger partial charge in [-0.2, -0.15) is 0 Å². The molecule has 4 nitrogen and oxygen atoms in total. The second-order valence-electron chi connectivity index (χ2n) is 5.99. The van der Waals surface area contributed by atoms with Gasteiger partial charge in [0.15, 0.2) is 5.96 Å². The SMILES string of the molecule is CCNC(=NCC1CC1c1ccccc1)NCCc1ccco1.I. The zero-order valence-electron chi connectivity index (χ0n) is 14.1. The van der Waals surface area contributed by atoms with Gasteiger partial charge in [0.05, 0.1) is 6.26 Å². The molecule has 1 aliphatic rings. The Morgan fingerprint density at radius 2 is 2.00 bits per heavy atom. The fourth-order valence-electron chi connectivity index (χ4n) is 2.87. The highest BCUT2D eigenvalue weighted by Crippen LogP contribution is 2.47. The molecule has 1 aromatic carbocycles. The van der Waals surface area contributed by atoms with E-state index in [-0.39, 0.29) is 24.0 Å². The van der Waals surface area contributed by atoms with Crippen molar-refractivity contribution < 1.29 is 4.42 Å². The van der Waals surface area contributed by atoms with Gasteiger partial charge in [-0.25, -0.2) is 0 Å². The summed E-state index contributed by atoms with van der Waals surface area (Å²) in [6.07, 6.45) is 3.83. The number of benzene rings is 1. The van der Waals surface area contributed by atoms with Crippen molar-refractivity contribution in [2.45, 2.75) is 25.7 Å².